The van der Waals surface area contributed by atoms with Gasteiger partial charge in [0.15, 0.2) is 0 Å². The first-order valence-corrected chi connectivity index (χ1v) is 15.0. The summed E-state index contributed by atoms with van der Waals surface area (Å²) in [4.78, 5) is -0.0776. The maximum atomic E-state index is 12.7. The third-order valence-electron chi connectivity index (χ3n) is 5.71. The summed E-state index contributed by atoms with van der Waals surface area (Å²) in [6, 6.07) is 14.9. The summed E-state index contributed by atoms with van der Waals surface area (Å²) in [5.41, 5.74) is 4.02. The van der Waals surface area contributed by atoms with Crippen molar-refractivity contribution in [3.63, 3.8) is 0 Å². The lowest BCUT2D eigenvalue weighted by Gasteiger charge is -2.26. The van der Waals surface area contributed by atoms with Crippen LogP contribution in [0.2, 0.25) is 0 Å². The first-order valence-electron chi connectivity index (χ1n) is 10.7. The van der Waals surface area contributed by atoms with Gasteiger partial charge in [0.25, 0.3) is 20.2 Å². The van der Waals surface area contributed by atoms with E-state index in [1.807, 2.05) is 51.1 Å². The Kier molecular flexibility index (Phi) is 8.09. The fourth-order valence-electron chi connectivity index (χ4n) is 3.99. The van der Waals surface area contributed by atoms with Gasteiger partial charge in [0.2, 0.25) is 0 Å². The molecule has 10 heteroatoms. The Morgan fingerprint density at radius 3 is 2.03 bits per heavy atom. The van der Waals surface area contributed by atoms with E-state index in [-0.39, 0.29) is 10.6 Å². The largest absolute Gasteiger partial charge is 0.495 e. The molecular formula is C25H29O7PS2. The van der Waals surface area contributed by atoms with E-state index < -0.39 is 33.9 Å². The summed E-state index contributed by atoms with van der Waals surface area (Å²) in [7, 11) is -7.12. The van der Waals surface area contributed by atoms with Crippen LogP contribution in [-0.2, 0) is 30.2 Å². The molecule has 0 bridgehead atoms. The van der Waals surface area contributed by atoms with Gasteiger partial charge in [0.1, 0.15) is 16.4 Å². The maximum absolute atomic E-state index is 12.7. The zero-order valence-electron chi connectivity index (χ0n) is 20.5. The van der Waals surface area contributed by atoms with Crippen molar-refractivity contribution < 1.29 is 30.3 Å². The minimum absolute atomic E-state index is 0.0776. The van der Waals surface area contributed by atoms with Crippen LogP contribution < -0.4 is 20.7 Å². The van der Waals surface area contributed by atoms with Crippen molar-refractivity contribution in [1.82, 2.24) is 0 Å². The second-order valence-electron chi connectivity index (χ2n) is 8.38. The van der Waals surface area contributed by atoms with Crippen molar-refractivity contribution in [2.45, 2.75) is 38.3 Å². The lowest BCUT2D eigenvalue weighted by molar-refractivity contribution is 0.378. The molecule has 35 heavy (non-hydrogen) atoms. The Bertz CT molecular complexity index is 1480. The highest BCUT2D eigenvalue weighted by Crippen LogP contribution is 2.39. The summed E-state index contributed by atoms with van der Waals surface area (Å²) in [5.74, 6) is -0.325. The molecule has 7 nitrogen and oxygen atoms in total. The molecule has 0 spiro atoms. The third-order valence-corrected chi connectivity index (χ3v) is 10.4. The smallest absolute Gasteiger partial charge is 0.300 e. The van der Waals surface area contributed by atoms with Crippen LogP contribution in [0.25, 0.3) is 0 Å². The zero-order chi connectivity index (χ0) is 26.1. The summed E-state index contributed by atoms with van der Waals surface area (Å²) in [5, 5.41) is 2.61. The van der Waals surface area contributed by atoms with Crippen LogP contribution in [0, 0.1) is 27.7 Å². The predicted molar refractivity (Wildman–Crippen MR) is 140 cm³/mol. The van der Waals surface area contributed by atoms with Crippen molar-refractivity contribution in [3.05, 3.63) is 76.3 Å². The van der Waals surface area contributed by atoms with Crippen molar-refractivity contribution in [1.29, 1.82) is 0 Å². The van der Waals surface area contributed by atoms with E-state index in [0.29, 0.717) is 5.56 Å². The number of hydrogen-bond donors (Lipinski definition) is 1. The maximum Gasteiger partial charge on any atom is 0.300 e. The third kappa shape index (κ3) is 6.11. The van der Waals surface area contributed by atoms with Crippen LogP contribution in [0.15, 0.2) is 53.4 Å². The fourth-order valence-corrected chi connectivity index (χ4v) is 8.37. The van der Waals surface area contributed by atoms with Gasteiger partial charge in [-0.2, -0.15) is 16.8 Å². The standard InChI is InChI=1S/C25H29O7PS2/c1-16-8-7-9-21(10-16)33(23-13-20(15-34(26,27)28)17(2)11-18(23)3)24-14-25(35(29,30)32-6)22(31-5)12-19(24)4/h7-14H,15H2,1-6H3,(H,26,27,28). The van der Waals surface area contributed by atoms with Crippen LogP contribution in [0.5, 0.6) is 5.75 Å². The highest BCUT2D eigenvalue weighted by Gasteiger charge is 2.27. The molecule has 1 N–H and O–H groups in total. The van der Waals surface area contributed by atoms with E-state index in [2.05, 4.69) is 0 Å². The molecule has 0 aliphatic rings. The van der Waals surface area contributed by atoms with E-state index in [9.17, 15) is 21.4 Å². The van der Waals surface area contributed by atoms with Crippen LogP contribution in [0.1, 0.15) is 27.8 Å². The molecule has 0 fully saturated rings. The summed E-state index contributed by atoms with van der Waals surface area (Å²) >= 11 is 0. The summed E-state index contributed by atoms with van der Waals surface area (Å²) < 4.78 is 68.5. The Labute approximate surface area is 208 Å². The molecule has 3 aromatic carbocycles. The summed E-state index contributed by atoms with van der Waals surface area (Å²) in [6.07, 6.45) is 0. The molecule has 0 heterocycles. The molecule has 0 aromatic heterocycles. The zero-order valence-corrected chi connectivity index (χ0v) is 23.0. The monoisotopic (exact) mass is 536 g/mol. The second kappa shape index (κ2) is 10.4. The molecule has 3 rings (SSSR count). The first-order chi connectivity index (χ1) is 16.3. The minimum atomic E-state index is -4.24. The number of ether oxygens (including phenoxy) is 1. The van der Waals surface area contributed by atoms with E-state index in [1.54, 1.807) is 25.1 Å². The number of aryl methyl sites for hydroxylation is 4. The lowest BCUT2D eigenvalue weighted by atomic mass is 10.1. The Morgan fingerprint density at radius 2 is 1.46 bits per heavy atom. The quantitative estimate of drug-likeness (QED) is 0.267. The van der Waals surface area contributed by atoms with Gasteiger partial charge in [0, 0.05) is 0 Å². The first kappa shape index (κ1) is 27.3. The Balaban J connectivity index is 2.40. The molecule has 1 atom stereocenters. The van der Waals surface area contributed by atoms with Gasteiger partial charge in [-0.25, -0.2) is 0 Å². The van der Waals surface area contributed by atoms with Crippen molar-refractivity contribution >= 4 is 44.1 Å². The van der Waals surface area contributed by atoms with E-state index in [0.717, 1.165) is 45.3 Å². The summed E-state index contributed by atoms with van der Waals surface area (Å²) in [6.45, 7) is 7.60. The van der Waals surface area contributed by atoms with E-state index in [1.165, 1.54) is 7.11 Å². The topological polar surface area (TPSA) is 107 Å². The molecule has 0 amide bonds. The molecular weight excluding hydrogens is 507 g/mol. The van der Waals surface area contributed by atoms with Crippen molar-refractivity contribution in [2.24, 2.45) is 0 Å². The fraction of sp³-hybridized carbons (Fsp3) is 0.280. The van der Waals surface area contributed by atoms with Crippen molar-refractivity contribution in [2.75, 3.05) is 14.2 Å². The lowest BCUT2D eigenvalue weighted by Crippen LogP contribution is -2.26. The number of benzene rings is 3. The Hall–Kier alpha value is -2.29. The van der Waals surface area contributed by atoms with Gasteiger partial charge < -0.3 is 4.74 Å². The van der Waals surface area contributed by atoms with Gasteiger partial charge in [-0.15, -0.1) is 0 Å². The Morgan fingerprint density at radius 1 is 0.829 bits per heavy atom. The van der Waals surface area contributed by atoms with Gasteiger partial charge >= 0.3 is 0 Å². The number of hydrogen-bond acceptors (Lipinski definition) is 6. The number of rotatable bonds is 8. The van der Waals surface area contributed by atoms with Crippen LogP contribution in [0.3, 0.4) is 0 Å². The molecule has 188 valence electrons. The van der Waals surface area contributed by atoms with Gasteiger partial charge in [0.05, 0.1) is 14.2 Å². The van der Waals surface area contributed by atoms with Crippen molar-refractivity contribution in [3.8, 4) is 5.75 Å². The highest BCUT2D eigenvalue weighted by atomic mass is 32.2. The van der Waals surface area contributed by atoms with Gasteiger partial charge in [-0.05, 0) is 92.0 Å². The second-order valence-corrected chi connectivity index (χ2v) is 13.7. The van der Waals surface area contributed by atoms with Gasteiger partial charge in [-0.3, -0.25) is 8.74 Å². The van der Waals surface area contributed by atoms with E-state index >= 15 is 0 Å². The van der Waals surface area contributed by atoms with Gasteiger partial charge in [-0.1, -0.05) is 35.9 Å². The SMILES string of the molecule is COc1cc(C)c(P(c2cccc(C)c2)c2cc(CS(=O)(=O)O)c(C)cc2C)cc1S(=O)(=O)OC. The predicted octanol–water partition coefficient (Wildman–Crippen LogP) is 3.41. The average Bonchev–Trinajstić information content (AvgIpc) is 2.76. The minimum Gasteiger partial charge on any atom is -0.495 e. The number of methoxy groups -OCH3 is 1. The van der Waals surface area contributed by atoms with Crippen LogP contribution in [-0.4, -0.2) is 35.6 Å². The highest BCUT2D eigenvalue weighted by molar-refractivity contribution is 7.87. The molecule has 0 radical (unpaired) electrons. The normalized spacial score (nSPS) is 13.0. The average molecular weight is 537 g/mol. The molecule has 1 unspecified atom stereocenters. The molecule has 0 aliphatic heterocycles. The van der Waals surface area contributed by atoms with Crippen LogP contribution >= 0.6 is 7.92 Å². The molecule has 0 saturated heterocycles. The van der Waals surface area contributed by atoms with E-state index in [4.69, 9.17) is 8.92 Å². The van der Waals surface area contributed by atoms with Crippen LogP contribution in [0.4, 0.5) is 0 Å². The molecule has 0 aliphatic carbocycles. The molecule has 3 aromatic rings. The molecule has 0 saturated carbocycles.